The fraction of sp³-hybridized carbons (Fsp3) is 0.300. The second-order valence-electron chi connectivity index (χ2n) is 6.66. The Hall–Kier alpha value is -2.86. The topological polar surface area (TPSA) is 94.2 Å². The Morgan fingerprint density at radius 2 is 2.08 bits per heavy atom. The molecule has 0 radical (unpaired) electrons. The van der Waals surface area contributed by atoms with Crippen LogP contribution in [0.15, 0.2) is 24.3 Å². The van der Waals surface area contributed by atoms with Gasteiger partial charge in [0.1, 0.15) is 0 Å². The van der Waals surface area contributed by atoms with E-state index in [4.69, 9.17) is 5.11 Å². The zero-order chi connectivity index (χ0) is 18.3. The number of benzene rings is 1. The van der Waals surface area contributed by atoms with Crippen molar-refractivity contribution in [2.24, 2.45) is 0 Å². The predicted molar refractivity (Wildman–Crippen MR) is 99.8 cm³/mol. The summed E-state index contributed by atoms with van der Waals surface area (Å²) in [6.45, 7) is 2.00. The highest BCUT2D eigenvalue weighted by Gasteiger charge is 2.32. The number of carbonyl (C=O) groups excluding carboxylic acids is 2. The van der Waals surface area contributed by atoms with Crippen LogP contribution in [-0.2, 0) is 11.2 Å². The highest BCUT2D eigenvalue weighted by molar-refractivity contribution is 6.36. The summed E-state index contributed by atoms with van der Waals surface area (Å²) in [6, 6.07) is 7.69. The van der Waals surface area contributed by atoms with Gasteiger partial charge < -0.3 is 20.7 Å². The summed E-state index contributed by atoms with van der Waals surface area (Å²) in [4.78, 5) is 28.5. The molecule has 0 fully saturated rings. The van der Waals surface area contributed by atoms with E-state index in [0.717, 1.165) is 53.0 Å². The number of aromatic amines is 1. The first-order valence-electron chi connectivity index (χ1n) is 8.86. The molecule has 0 atom stereocenters. The minimum absolute atomic E-state index is 0.0902. The number of H-pyrrole nitrogens is 1. The smallest absolute Gasteiger partial charge is 0.256 e. The van der Waals surface area contributed by atoms with Gasteiger partial charge in [-0.3, -0.25) is 9.59 Å². The minimum atomic E-state index is -0.184. The number of aryl methyl sites for hydroxylation is 1. The van der Waals surface area contributed by atoms with Crippen molar-refractivity contribution in [1.82, 2.24) is 10.3 Å². The quantitative estimate of drug-likeness (QED) is 0.639. The van der Waals surface area contributed by atoms with E-state index < -0.39 is 0 Å². The summed E-state index contributed by atoms with van der Waals surface area (Å²) in [6.07, 6.45) is 2.47. The van der Waals surface area contributed by atoms with E-state index in [2.05, 4.69) is 15.6 Å². The van der Waals surface area contributed by atoms with Crippen molar-refractivity contribution in [3.8, 4) is 0 Å². The van der Waals surface area contributed by atoms with E-state index in [1.54, 1.807) is 0 Å². The van der Waals surface area contributed by atoms with Gasteiger partial charge in [0.2, 0.25) is 0 Å². The number of carbonyl (C=O) groups is 2. The fourth-order valence-electron chi connectivity index (χ4n) is 3.98. The summed E-state index contributed by atoms with van der Waals surface area (Å²) in [7, 11) is 0. The Bertz CT molecular complexity index is 940. The van der Waals surface area contributed by atoms with E-state index in [0.29, 0.717) is 11.1 Å². The molecule has 2 aliphatic rings. The number of aliphatic hydroxyl groups is 1. The average Bonchev–Trinajstić information content (AvgIpc) is 3.15. The Labute approximate surface area is 151 Å². The van der Waals surface area contributed by atoms with Gasteiger partial charge in [0.25, 0.3) is 11.8 Å². The van der Waals surface area contributed by atoms with Crippen LogP contribution in [0.3, 0.4) is 0 Å². The van der Waals surface area contributed by atoms with Gasteiger partial charge in [0.15, 0.2) is 0 Å². The van der Waals surface area contributed by atoms with Crippen LogP contribution in [0.5, 0.6) is 0 Å². The highest BCUT2D eigenvalue weighted by atomic mass is 16.3. The van der Waals surface area contributed by atoms with Crippen molar-refractivity contribution in [2.75, 3.05) is 18.5 Å². The molecular weight excluding hydrogens is 330 g/mol. The number of anilines is 1. The maximum Gasteiger partial charge on any atom is 0.256 e. The summed E-state index contributed by atoms with van der Waals surface area (Å²) in [5.41, 5.74) is 6.70. The van der Waals surface area contributed by atoms with Crippen molar-refractivity contribution in [1.29, 1.82) is 0 Å². The summed E-state index contributed by atoms with van der Waals surface area (Å²) in [5, 5.41) is 14.6. The van der Waals surface area contributed by atoms with Gasteiger partial charge in [-0.25, -0.2) is 0 Å². The molecule has 1 aromatic carbocycles. The second-order valence-corrected chi connectivity index (χ2v) is 6.66. The van der Waals surface area contributed by atoms with Crippen LogP contribution in [-0.4, -0.2) is 35.1 Å². The first-order valence-corrected chi connectivity index (χ1v) is 8.86. The Morgan fingerprint density at radius 1 is 1.27 bits per heavy atom. The van der Waals surface area contributed by atoms with Gasteiger partial charge in [0, 0.05) is 29.2 Å². The third-order valence-electron chi connectivity index (χ3n) is 5.04. The molecule has 1 aliphatic carbocycles. The number of hydrogen-bond acceptors (Lipinski definition) is 3. The van der Waals surface area contributed by atoms with E-state index in [1.807, 2.05) is 31.2 Å². The summed E-state index contributed by atoms with van der Waals surface area (Å²) in [5.74, 6) is -0.274. The van der Waals surface area contributed by atoms with Crippen LogP contribution in [0.25, 0.3) is 11.1 Å². The van der Waals surface area contributed by atoms with Gasteiger partial charge in [-0.1, -0.05) is 18.2 Å². The third kappa shape index (κ3) is 2.54. The maximum atomic E-state index is 12.6. The van der Waals surface area contributed by atoms with E-state index in [-0.39, 0.29) is 25.0 Å². The number of para-hydroxylation sites is 1. The lowest BCUT2D eigenvalue weighted by molar-refractivity contribution is -0.110. The lowest BCUT2D eigenvalue weighted by Gasteiger charge is -2.18. The number of nitrogens with one attached hydrogen (secondary N) is 3. The molecule has 2 amide bonds. The zero-order valence-electron chi connectivity index (χ0n) is 14.6. The van der Waals surface area contributed by atoms with Crippen LogP contribution in [0.1, 0.15) is 45.7 Å². The molecule has 0 spiro atoms. The molecule has 0 saturated heterocycles. The fourth-order valence-corrected chi connectivity index (χ4v) is 3.98. The number of aromatic nitrogens is 1. The van der Waals surface area contributed by atoms with Gasteiger partial charge >= 0.3 is 0 Å². The third-order valence-corrected chi connectivity index (χ3v) is 5.04. The van der Waals surface area contributed by atoms with E-state index >= 15 is 0 Å². The van der Waals surface area contributed by atoms with Gasteiger partial charge in [-0.2, -0.15) is 0 Å². The first-order chi connectivity index (χ1) is 12.6. The van der Waals surface area contributed by atoms with E-state index in [9.17, 15) is 9.59 Å². The molecule has 0 saturated carbocycles. The van der Waals surface area contributed by atoms with Crippen LogP contribution < -0.4 is 10.6 Å². The number of rotatable bonds is 3. The van der Waals surface area contributed by atoms with Crippen molar-refractivity contribution in [3.63, 3.8) is 0 Å². The predicted octanol–water partition coefficient (Wildman–Crippen LogP) is 2.24. The molecular formula is C20H21N3O3. The molecule has 6 nitrogen and oxygen atoms in total. The molecule has 0 unspecified atom stereocenters. The van der Waals surface area contributed by atoms with Crippen molar-refractivity contribution >= 4 is 28.6 Å². The van der Waals surface area contributed by atoms with Crippen LogP contribution in [0.4, 0.5) is 5.69 Å². The molecule has 4 rings (SSSR count). The van der Waals surface area contributed by atoms with Crippen molar-refractivity contribution in [3.05, 3.63) is 52.3 Å². The highest BCUT2D eigenvalue weighted by Crippen LogP contribution is 2.42. The molecule has 26 heavy (non-hydrogen) atoms. The minimum Gasteiger partial charge on any atom is -0.395 e. The number of hydrogen-bond donors (Lipinski definition) is 4. The molecule has 1 aliphatic heterocycles. The first kappa shape index (κ1) is 16.6. The normalized spacial score (nSPS) is 18.3. The molecule has 1 aromatic heterocycles. The molecule has 134 valence electrons. The van der Waals surface area contributed by atoms with Gasteiger partial charge in [0.05, 0.1) is 17.7 Å². The Kier molecular flexibility index (Phi) is 4.12. The lowest BCUT2D eigenvalue weighted by Crippen LogP contribution is -2.27. The number of allylic oxidation sites excluding steroid dienone is 1. The van der Waals surface area contributed by atoms with Crippen molar-refractivity contribution in [2.45, 2.75) is 26.2 Å². The molecule has 2 aromatic rings. The Morgan fingerprint density at radius 3 is 2.88 bits per heavy atom. The SMILES string of the molecule is Cc1[nH]c2c(c1C(=O)NCCO)CCCC2=C1C(=O)Nc2ccccc21. The molecule has 6 heteroatoms. The Balaban J connectivity index is 1.85. The van der Waals surface area contributed by atoms with Gasteiger partial charge in [-0.05, 0) is 43.4 Å². The molecule has 0 bridgehead atoms. The van der Waals surface area contributed by atoms with Crippen LogP contribution in [0, 0.1) is 6.92 Å². The summed E-state index contributed by atoms with van der Waals surface area (Å²) < 4.78 is 0. The van der Waals surface area contributed by atoms with Crippen LogP contribution in [0.2, 0.25) is 0 Å². The summed E-state index contributed by atoms with van der Waals surface area (Å²) >= 11 is 0. The lowest BCUT2D eigenvalue weighted by atomic mass is 9.86. The van der Waals surface area contributed by atoms with E-state index in [1.165, 1.54) is 0 Å². The number of aliphatic hydroxyl groups excluding tert-OH is 1. The maximum absolute atomic E-state index is 12.6. The number of fused-ring (bicyclic) bond motifs is 2. The number of amides is 2. The molecule has 2 heterocycles. The zero-order valence-corrected chi connectivity index (χ0v) is 14.6. The van der Waals surface area contributed by atoms with Crippen LogP contribution >= 0.6 is 0 Å². The second kappa shape index (κ2) is 6.46. The monoisotopic (exact) mass is 351 g/mol. The van der Waals surface area contributed by atoms with Crippen molar-refractivity contribution < 1.29 is 14.7 Å². The molecule has 4 N–H and O–H groups in total. The standard InChI is InChI=1S/C20H21N3O3/c1-11-16(19(25)21-9-10-24)13-6-4-7-14(18(13)22-11)17-12-5-2-3-8-15(12)23-20(17)26/h2-3,5,8,22,24H,4,6-7,9-10H2,1H3,(H,21,25)(H,23,26). The largest absolute Gasteiger partial charge is 0.395 e. The van der Waals surface area contributed by atoms with Gasteiger partial charge in [-0.15, -0.1) is 0 Å². The average molecular weight is 351 g/mol.